The molecular formula is C14H22N2O. The third-order valence-corrected chi connectivity index (χ3v) is 3.28. The van der Waals surface area contributed by atoms with Crippen LogP contribution in [0.1, 0.15) is 12.5 Å². The number of nitrogens with zero attached hydrogens (tertiary/aromatic N) is 1. The maximum absolute atomic E-state index is 5.18. The van der Waals surface area contributed by atoms with E-state index >= 15 is 0 Å². The van der Waals surface area contributed by atoms with Crippen LogP contribution in [0.25, 0.3) is 0 Å². The molecule has 3 nitrogen and oxygen atoms in total. The lowest BCUT2D eigenvalue weighted by Gasteiger charge is -2.35. The zero-order valence-electron chi connectivity index (χ0n) is 10.8. The van der Waals surface area contributed by atoms with Gasteiger partial charge in [-0.3, -0.25) is 0 Å². The van der Waals surface area contributed by atoms with Crippen molar-refractivity contribution in [3.05, 3.63) is 29.8 Å². The number of methoxy groups -OCH3 is 1. The first-order valence-electron chi connectivity index (χ1n) is 6.36. The van der Waals surface area contributed by atoms with Gasteiger partial charge in [-0.05, 0) is 25.0 Å². The Kier molecular flexibility index (Phi) is 4.40. The molecule has 0 radical (unpaired) electrons. The summed E-state index contributed by atoms with van der Waals surface area (Å²) in [6.45, 7) is 6.28. The highest BCUT2D eigenvalue weighted by Crippen LogP contribution is 2.22. The molecule has 0 saturated carbocycles. The summed E-state index contributed by atoms with van der Waals surface area (Å²) in [7, 11) is 1.76. The topological polar surface area (TPSA) is 24.5 Å². The first kappa shape index (κ1) is 12.4. The predicted molar refractivity (Wildman–Crippen MR) is 71.7 cm³/mol. The van der Waals surface area contributed by atoms with Crippen LogP contribution in [0.15, 0.2) is 24.3 Å². The van der Waals surface area contributed by atoms with Gasteiger partial charge < -0.3 is 15.0 Å². The van der Waals surface area contributed by atoms with Crippen LogP contribution in [0.4, 0.5) is 5.69 Å². The van der Waals surface area contributed by atoms with E-state index in [4.69, 9.17) is 4.74 Å². The van der Waals surface area contributed by atoms with Crippen molar-refractivity contribution < 1.29 is 4.74 Å². The van der Waals surface area contributed by atoms with Crippen LogP contribution < -0.4 is 10.2 Å². The van der Waals surface area contributed by atoms with Crippen molar-refractivity contribution in [2.45, 2.75) is 19.4 Å². The van der Waals surface area contributed by atoms with E-state index in [1.54, 1.807) is 7.11 Å². The Morgan fingerprint density at radius 1 is 1.41 bits per heavy atom. The normalized spacial score (nSPS) is 20.6. The van der Waals surface area contributed by atoms with Crippen LogP contribution in [0.2, 0.25) is 0 Å². The minimum Gasteiger partial charge on any atom is -0.384 e. The molecule has 1 N–H and O–H groups in total. The smallest absolute Gasteiger partial charge is 0.0503 e. The van der Waals surface area contributed by atoms with Crippen molar-refractivity contribution in [3.8, 4) is 0 Å². The van der Waals surface area contributed by atoms with Crippen LogP contribution >= 0.6 is 0 Å². The first-order chi connectivity index (χ1) is 8.31. The van der Waals surface area contributed by atoms with Crippen LogP contribution in [0, 0.1) is 0 Å². The van der Waals surface area contributed by atoms with Crippen LogP contribution in [0.5, 0.6) is 0 Å². The molecule has 1 heterocycles. The average molecular weight is 234 g/mol. The van der Waals surface area contributed by atoms with Gasteiger partial charge in [0, 0.05) is 38.5 Å². The molecule has 0 amide bonds. The average Bonchev–Trinajstić information content (AvgIpc) is 2.37. The second-order valence-corrected chi connectivity index (χ2v) is 4.67. The molecule has 1 saturated heterocycles. The van der Waals surface area contributed by atoms with Crippen molar-refractivity contribution in [1.82, 2.24) is 5.32 Å². The maximum atomic E-state index is 5.18. The Balaban J connectivity index is 2.12. The lowest BCUT2D eigenvalue weighted by molar-refractivity contribution is 0.202. The van der Waals surface area contributed by atoms with E-state index in [0.29, 0.717) is 6.04 Å². The van der Waals surface area contributed by atoms with Gasteiger partial charge in [0.1, 0.15) is 0 Å². The van der Waals surface area contributed by atoms with Crippen molar-refractivity contribution in [1.29, 1.82) is 0 Å². The standard InChI is InChI=1S/C14H22N2O/c1-12-11-16(9-8-15-12)14-6-4-3-5-13(14)7-10-17-2/h3-6,12,15H,7-11H2,1-2H3. The van der Waals surface area contributed by atoms with Gasteiger partial charge in [-0.1, -0.05) is 18.2 Å². The van der Waals surface area contributed by atoms with E-state index in [1.807, 2.05) is 0 Å². The van der Waals surface area contributed by atoms with Gasteiger partial charge >= 0.3 is 0 Å². The highest BCUT2D eigenvalue weighted by molar-refractivity contribution is 5.54. The van der Waals surface area contributed by atoms with E-state index in [1.165, 1.54) is 11.3 Å². The zero-order valence-corrected chi connectivity index (χ0v) is 10.8. The number of nitrogens with one attached hydrogen (secondary N) is 1. The summed E-state index contributed by atoms with van der Waals surface area (Å²) in [6.07, 6.45) is 0.991. The molecule has 1 unspecified atom stereocenters. The Hall–Kier alpha value is -1.06. The SMILES string of the molecule is COCCc1ccccc1N1CCNC(C)C1. The zero-order chi connectivity index (χ0) is 12.1. The van der Waals surface area contributed by atoms with E-state index in [-0.39, 0.29) is 0 Å². The molecule has 1 fully saturated rings. The number of piperazine rings is 1. The molecule has 0 spiro atoms. The Labute approximate surface area is 104 Å². The molecule has 3 heteroatoms. The third kappa shape index (κ3) is 3.20. The summed E-state index contributed by atoms with van der Waals surface area (Å²) in [5.74, 6) is 0. The fraction of sp³-hybridized carbons (Fsp3) is 0.571. The lowest BCUT2D eigenvalue weighted by atomic mass is 10.1. The molecule has 2 rings (SSSR count). The molecular weight excluding hydrogens is 212 g/mol. The van der Waals surface area contributed by atoms with E-state index in [2.05, 4.69) is 41.4 Å². The first-order valence-corrected chi connectivity index (χ1v) is 6.36. The molecule has 0 aliphatic carbocycles. The predicted octanol–water partition coefficient (Wildman–Crippen LogP) is 1.67. The van der Waals surface area contributed by atoms with Gasteiger partial charge in [0.2, 0.25) is 0 Å². The van der Waals surface area contributed by atoms with Crippen LogP contribution in [-0.4, -0.2) is 39.4 Å². The molecule has 17 heavy (non-hydrogen) atoms. The molecule has 0 aromatic heterocycles. The van der Waals surface area contributed by atoms with Gasteiger partial charge in [-0.25, -0.2) is 0 Å². The molecule has 94 valence electrons. The summed E-state index contributed by atoms with van der Waals surface area (Å²) < 4.78 is 5.18. The Morgan fingerprint density at radius 3 is 3.00 bits per heavy atom. The maximum Gasteiger partial charge on any atom is 0.0503 e. The Bertz CT molecular complexity index is 354. The molecule has 1 aromatic carbocycles. The van der Waals surface area contributed by atoms with Gasteiger partial charge in [0.15, 0.2) is 0 Å². The quantitative estimate of drug-likeness (QED) is 0.857. The van der Waals surface area contributed by atoms with Gasteiger partial charge in [0.25, 0.3) is 0 Å². The van der Waals surface area contributed by atoms with E-state index < -0.39 is 0 Å². The van der Waals surface area contributed by atoms with E-state index in [0.717, 1.165) is 32.7 Å². The molecule has 1 atom stereocenters. The van der Waals surface area contributed by atoms with Crippen molar-refractivity contribution in [2.24, 2.45) is 0 Å². The molecule has 0 bridgehead atoms. The number of hydrogen-bond donors (Lipinski definition) is 1. The third-order valence-electron chi connectivity index (χ3n) is 3.28. The summed E-state index contributed by atoms with van der Waals surface area (Å²) in [4.78, 5) is 2.48. The van der Waals surface area contributed by atoms with E-state index in [9.17, 15) is 0 Å². The molecule has 1 aliphatic heterocycles. The fourth-order valence-electron chi connectivity index (χ4n) is 2.39. The van der Waals surface area contributed by atoms with Crippen molar-refractivity contribution in [3.63, 3.8) is 0 Å². The highest BCUT2D eigenvalue weighted by Gasteiger charge is 2.17. The number of hydrogen-bond acceptors (Lipinski definition) is 3. The minimum atomic E-state index is 0.569. The minimum absolute atomic E-state index is 0.569. The monoisotopic (exact) mass is 234 g/mol. The number of para-hydroxylation sites is 1. The second-order valence-electron chi connectivity index (χ2n) is 4.67. The summed E-state index contributed by atoms with van der Waals surface area (Å²) in [6, 6.07) is 9.24. The summed E-state index contributed by atoms with van der Waals surface area (Å²) in [5, 5.41) is 3.48. The summed E-state index contributed by atoms with van der Waals surface area (Å²) >= 11 is 0. The van der Waals surface area contributed by atoms with Crippen LogP contribution in [0.3, 0.4) is 0 Å². The van der Waals surface area contributed by atoms with Gasteiger partial charge in [0.05, 0.1) is 6.61 Å². The second kappa shape index (κ2) is 6.03. The summed E-state index contributed by atoms with van der Waals surface area (Å²) in [5.41, 5.74) is 2.77. The number of ether oxygens (including phenoxy) is 1. The number of benzene rings is 1. The molecule has 1 aliphatic rings. The highest BCUT2D eigenvalue weighted by atomic mass is 16.5. The largest absolute Gasteiger partial charge is 0.384 e. The fourth-order valence-corrected chi connectivity index (χ4v) is 2.39. The Morgan fingerprint density at radius 2 is 2.24 bits per heavy atom. The van der Waals surface area contributed by atoms with Crippen molar-refractivity contribution in [2.75, 3.05) is 38.3 Å². The van der Waals surface area contributed by atoms with Gasteiger partial charge in [-0.15, -0.1) is 0 Å². The molecule has 1 aromatic rings. The van der Waals surface area contributed by atoms with Gasteiger partial charge in [-0.2, -0.15) is 0 Å². The number of anilines is 1. The van der Waals surface area contributed by atoms with Crippen LogP contribution in [-0.2, 0) is 11.2 Å². The van der Waals surface area contributed by atoms with Crippen molar-refractivity contribution >= 4 is 5.69 Å². The number of rotatable bonds is 4. The lowest BCUT2D eigenvalue weighted by Crippen LogP contribution is -2.49.